The molecule has 0 radical (unpaired) electrons. The number of aromatic amines is 1. The van der Waals surface area contributed by atoms with Crippen molar-refractivity contribution >= 4 is 5.91 Å². The third-order valence-corrected chi connectivity index (χ3v) is 3.08. The maximum atomic E-state index is 12.3. The lowest BCUT2D eigenvalue weighted by atomic mass is 10.0. The van der Waals surface area contributed by atoms with E-state index in [1.807, 2.05) is 30.3 Å². The lowest BCUT2D eigenvalue weighted by Gasteiger charge is -2.09. The Balaban J connectivity index is 2.26. The molecule has 0 atom stereocenters. The average Bonchev–Trinajstić information content (AvgIpc) is 2.52. The van der Waals surface area contributed by atoms with E-state index in [-0.39, 0.29) is 17.0 Å². The van der Waals surface area contributed by atoms with Gasteiger partial charge in [0, 0.05) is 32.0 Å². The summed E-state index contributed by atoms with van der Waals surface area (Å²) in [6.45, 7) is 1.03. The number of carbonyl (C=O) groups excluding carboxylic acids is 1. The number of benzene rings is 1. The minimum Gasteiger partial charge on any atom is -0.385 e. The van der Waals surface area contributed by atoms with Crippen molar-refractivity contribution in [3.8, 4) is 11.1 Å². The van der Waals surface area contributed by atoms with E-state index in [0.29, 0.717) is 25.1 Å². The molecule has 0 aliphatic heterocycles. The van der Waals surface area contributed by atoms with Crippen molar-refractivity contribution in [1.82, 2.24) is 10.3 Å². The SMILES string of the molecule is COCCCNC(=O)c1c(-c2ccccc2)cc[nH]c1=O. The third kappa shape index (κ3) is 3.79. The fourth-order valence-electron chi connectivity index (χ4n) is 2.07. The van der Waals surface area contributed by atoms with Crippen LogP contribution < -0.4 is 10.9 Å². The molecule has 0 saturated carbocycles. The minimum atomic E-state index is -0.388. The Hall–Kier alpha value is -2.40. The van der Waals surface area contributed by atoms with Gasteiger partial charge in [-0.2, -0.15) is 0 Å². The fraction of sp³-hybridized carbons (Fsp3) is 0.250. The normalized spacial score (nSPS) is 10.3. The van der Waals surface area contributed by atoms with Gasteiger partial charge < -0.3 is 15.0 Å². The number of hydrogen-bond acceptors (Lipinski definition) is 3. The Kier molecular flexibility index (Phi) is 5.29. The maximum absolute atomic E-state index is 12.3. The second kappa shape index (κ2) is 7.40. The summed E-state index contributed by atoms with van der Waals surface area (Å²) in [6, 6.07) is 11.1. The Labute approximate surface area is 123 Å². The van der Waals surface area contributed by atoms with Crippen LogP contribution >= 0.6 is 0 Å². The topological polar surface area (TPSA) is 71.2 Å². The predicted molar refractivity (Wildman–Crippen MR) is 81.3 cm³/mol. The van der Waals surface area contributed by atoms with Crippen molar-refractivity contribution in [2.24, 2.45) is 0 Å². The molecule has 21 heavy (non-hydrogen) atoms. The maximum Gasteiger partial charge on any atom is 0.261 e. The number of amides is 1. The molecule has 1 heterocycles. The molecule has 1 amide bonds. The molecule has 5 heteroatoms. The van der Waals surface area contributed by atoms with Gasteiger partial charge in [-0.15, -0.1) is 0 Å². The molecule has 0 aliphatic rings. The second-order valence-corrected chi connectivity index (χ2v) is 4.56. The molecule has 0 bridgehead atoms. The molecule has 0 saturated heterocycles. The molecule has 0 aliphatic carbocycles. The molecule has 2 rings (SSSR count). The highest BCUT2D eigenvalue weighted by Gasteiger charge is 2.16. The predicted octanol–water partition coefficient (Wildman–Crippen LogP) is 1.81. The zero-order valence-electron chi connectivity index (χ0n) is 11.9. The van der Waals surface area contributed by atoms with Crippen molar-refractivity contribution in [1.29, 1.82) is 0 Å². The van der Waals surface area contributed by atoms with Gasteiger partial charge in [0.05, 0.1) is 0 Å². The Bertz CT molecular complexity index is 650. The fourth-order valence-corrected chi connectivity index (χ4v) is 2.07. The number of H-pyrrole nitrogens is 1. The van der Waals surface area contributed by atoms with Gasteiger partial charge in [0.1, 0.15) is 5.56 Å². The van der Waals surface area contributed by atoms with E-state index < -0.39 is 0 Å². The molecule has 2 aromatic rings. The summed E-state index contributed by atoms with van der Waals surface area (Å²) in [5, 5.41) is 2.75. The molecule has 1 aromatic carbocycles. The first kappa shape index (κ1) is 15.0. The summed E-state index contributed by atoms with van der Waals surface area (Å²) in [6.07, 6.45) is 2.25. The molecule has 0 fully saturated rings. The van der Waals surface area contributed by atoms with Crippen molar-refractivity contribution < 1.29 is 9.53 Å². The van der Waals surface area contributed by atoms with Crippen molar-refractivity contribution in [2.75, 3.05) is 20.3 Å². The van der Waals surface area contributed by atoms with Crippen LogP contribution in [0.4, 0.5) is 0 Å². The van der Waals surface area contributed by atoms with Crippen LogP contribution in [0, 0.1) is 0 Å². The van der Waals surface area contributed by atoms with Crippen LogP contribution in [0.25, 0.3) is 11.1 Å². The summed E-state index contributed by atoms with van der Waals surface area (Å²) >= 11 is 0. The van der Waals surface area contributed by atoms with Crippen LogP contribution in [0.2, 0.25) is 0 Å². The second-order valence-electron chi connectivity index (χ2n) is 4.56. The highest BCUT2D eigenvalue weighted by Crippen LogP contribution is 2.20. The van der Waals surface area contributed by atoms with E-state index in [1.165, 1.54) is 0 Å². The summed E-state index contributed by atoms with van der Waals surface area (Å²) in [4.78, 5) is 26.8. The summed E-state index contributed by atoms with van der Waals surface area (Å²) in [7, 11) is 1.61. The summed E-state index contributed by atoms with van der Waals surface area (Å²) in [5.41, 5.74) is 1.22. The van der Waals surface area contributed by atoms with E-state index in [4.69, 9.17) is 4.74 Å². The first-order valence-corrected chi connectivity index (χ1v) is 6.78. The van der Waals surface area contributed by atoms with Crippen LogP contribution in [0.15, 0.2) is 47.4 Å². The number of rotatable bonds is 6. The zero-order valence-corrected chi connectivity index (χ0v) is 11.9. The van der Waals surface area contributed by atoms with E-state index in [0.717, 1.165) is 5.56 Å². The Morgan fingerprint density at radius 1 is 1.24 bits per heavy atom. The minimum absolute atomic E-state index is 0.140. The van der Waals surface area contributed by atoms with Gasteiger partial charge in [-0.05, 0) is 18.1 Å². The van der Waals surface area contributed by atoms with Gasteiger partial charge in [-0.1, -0.05) is 30.3 Å². The van der Waals surface area contributed by atoms with Crippen molar-refractivity contribution in [3.63, 3.8) is 0 Å². The molecule has 5 nitrogen and oxygen atoms in total. The van der Waals surface area contributed by atoms with Gasteiger partial charge in [0.15, 0.2) is 0 Å². The van der Waals surface area contributed by atoms with E-state index in [1.54, 1.807) is 19.4 Å². The largest absolute Gasteiger partial charge is 0.385 e. The first-order chi connectivity index (χ1) is 10.2. The number of hydrogen-bond donors (Lipinski definition) is 2. The van der Waals surface area contributed by atoms with Gasteiger partial charge in [0.25, 0.3) is 11.5 Å². The molecule has 2 N–H and O–H groups in total. The summed E-state index contributed by atoms with van der Waals surface area (Å²) < 4.78 is 4.93. The van der Waals surface area contributed by atoms with Crippen LogP contribution in [-0.4, -0.2) is 31.2 Å². The Morgan fingerprint density at radius 3 is 2.71 bits per heavy atom. The number of carbonyl (C=O) groups is 1. The monoisotopic (exact) mass is 286 g/mol. The van der Waals surface area contributed by atoms with Gasteiger partial charge >= 0.3 is 0 Å². The van der Waals surface area contributed by atoms with Crippen LogP contribution in [-0.2, 0) is 4.74 Å². The molecular weight excluding hydrogens is 268 g/mol. The summed E-state index contributed by atoms with van der Waals surface area (Å²) in [5.74, 6) is -0.369. The molecule has 110 valence electrons. The molecule has 1 aromatic heterocycles. The number of pyridine rings is 1. The number of nitrogens with one attached hydrogen (secondary N) is 2. The van der Waals surface area contributed by atoms with Crippen LogP contribution in [0.3, 0.4) is 0 Å². The Morgan fingerprint density at radius 2 is 2.00 bits per heavy atom. The quantitative estimate of drug-likeness (QED) is 0.796. The molecule has 0 spiro atoms. The van der Waals surface area contributed by atoms with E-state index >= 15 is 0 Å². The van der Waals surface area contributed by atoms with E-state index in [9.17, 15) is 9.59 Å². The standard InChI is InChI=1S/C16H18N2O3/c1-21-11-5-9-17-15(19)14-13(8-10-18-16(14)20)12-6-3-2-4-7-12/h2-4,6-8,10H,5,9,11H2,1H3,(H,17,19)(H,18,20). The van der Waals surface area contributed by atoms with Crippen molar-refractivity contribution in [2.45, 2.75) is 6.42 Å². The highest BCUT2D eigenvalue weighted by molar-refractivity contribution is 6.00. The van der Waals surface area contributed by atoms with Gasteiger partial charge in [0.2, 0.25) is 0 Å². The number of ether oxygens (including phenoxy) is 1. The smallest absolute Gasteiger partial charge is 0.261 e. The third-order valence-electron chi connectivity index (χ3n) is 3.08. The molecule has 0 unspecified atom stereocenters. The average molecular weight is 286 g/mol. The number of aromatic nitrogens is 1. The first-order valence-electron chi connectivity index (χ1n) is 6.78. The van der Waals surface area contributed by atoms with E-state index in [2.05, 4.69) is 10.3 Å². The molecular formula is C16H18N2O3. The van der Waals surface area contributed by atoms with Gasteiger partial charge in [-0.25, -0.2) is 0 Å². The highest BCUT2D eigenvalue weighted by atomic mass is 16.5. The van der Waals surface area contributed by atoms with Crippen molar-refractivity contribution in [3.05, 3.63) is 58.5 Å². The lowest BCUT2D eigenvalue weighted by molar-refractivity contribution is 0.0948. The zero-order chi connectivity index (χ0) is 15.1. The van der Waals surface area contributed by atoms with Crippen LogP contribution in [0.1, 0.15) is 16.8 Å². The van der Waals surface area contributed by atoms with Crippen LogP contribution in [0.5, 0.6) is 0 Å². The lowest BCUT2D eigenvalue weighted by Crippen LogP contribution is -2.31. The number of methoxy groups -OCH3 is 1. The van der Waals surface area contributed by atoms with Gasteiger partial charge in [-0.3, -0.25) is 9.59 Å².